The van der Waals surface area contributed by atoms with Crippen LogP contribution in [0.25, 0.3) is 22.1 Å². The highest BCUT2D eigenvalue weighted by Gasteiger charge is 2.45. The molecule has 0 bridgehead atoms. The molecule has 1 atom stereocenters. The minimum absolute atomic E-state index is 0.302. The number of rotatable bonds is 5. The van der Waals surface area contributed by atoms with Gasteiger partial charge in [-0.15, -0.1) is 11.3 Å². The number of likely N-dealkylation sites (tertiary alicyclic amines) is 1. The van der Waals surface area contributed by atoms with Crippen LogP contribution in [0.15, 0.2) is 48.2 Å². The van der Waals surface area contributed by atoms with Crippen LogP contribution < -0.4 is 5.32 Å². The number of thiazole rings is 1. The monoisotopic (exact) mass is 448 g/mol. The Kier molecular flexibility index (Phi) is 4.91. The first kappa shape index (κ1) is 20.2. The number of carbonyl (C=O) groups excluding carboxylic acids is 1. The third-order valence-corrected chi connectivity index (χ3v) is 6.21. The Bertz CT molecular complexity index is 1300. The van der Waals surface area contributed by atoms with Gasteiger partial charge in [0.05, 0.1) is 11.4 Å². The predicted molar refractivity (Wildman–Crippen MR) is 119 cm³/mol. The predicted octanol–water partition coefficient (Wildman–Crippen LogP) is 2.19. The van der Waals surface area contributed by atoms with Crippen molar-refractivity contribution in [1.29, 1.82) is 0 Å². The van der Waals surface area contributed by atoms with Gasteiger partial charge in [-0.2, -0.15) is 5.10 Å². The van der Waals surface area contributed by atoms with Crippen LogP contribution in [0.3, 0.4) is 0 Å². The maximum Gasteiger partial charge on any atom is 0.258 e. The van der Waals surface area contributed by atoms with Crippen molar-refractivity contribution in [3.63, 3.8) is 0 Å². The lowest BCUT2D eigenvalue weighted by Gasteiger charge is -2.21. The first-order chi connectivity index (χ1) is 15.4. The minimum Gasteiger partial charge on any atom is -0.375 e. The van der Waals surface area contributed by atoms with Gasteiger partial charge in [0.15, 0.2) is 11.4 Å². The van der Waals surface area contributed by atoms with Crippen molar-refractivity contribution in [2.45, 2.75) is 12.0 Å². The molecular formula is C21H20N8O2S. The van der Waals surface area contributed by atoms with Gasteiger partial charge in [0.25, 0.3) is 5.91 Å². The van der Waals surface area contributed by atoms with Gasteiger partial charge >= 0.3 is 0 Å². The first-order valence-corrected chi connectivity index (χ1v) is 10.8. The number of nitrogens with one attached hydrogen (secondary N) is 1. The number of pyridine rings is 1. The van der Waals surface area contributed by atoms with Gasteiger partial charge in [0.1, 0.15) is 10.7 Å². The first-order valence-electron chi connectivity index (χ1n) is 9.93. The van der Waals surface area contributed by atoms with Crippen molar-refractivity contribution in [2.24, 2.45) is 7.05 Å². The van der Waals surface area contributed by atoms with Gasteiger partial charge in [-0.3, -0.25) is 14.5 Å². The molecule has 32 heavy (non-hydrogen) atoms. The number of hydrogen-bond acceptors (Lipinski definition) is 9. The van der Waals surface area contributed by atoms with Crippen LogP contribution in [-0.4, -0.2) is 59.2 Å². The normalized spacial score (nSPS) is 18.3. The average molecular weight is 449 g/mol. The topological polar surface area (TPSA) is 122 Å². The summed E-state index contributed by atoms with van der Waals surface area (Å²) in [6.07, 6.45) is 5.42. The lowest BCUT2D eigenvalue weighted by molar-refractivity contribution is -0.143. The molecule has 0 radical (unpaired) electrons. The molecule has 4 aromatic rings. The van der Waals surface area contributed by atoms with E-state index in [1.807, 2.05) is 24.7 Å². The number of anilines is 2. The molecule has 5 heterocycles. The van der Waals surface area contributed by atoms with Gasteiger partial charge in [0, 0.05) is 57.1 Å². The Morgan fingerprint density at radius 3 is 2.69 bits per heavy atom. The Morgan fingerprint density at radius 2 is 1.94 bits per heavy atom. The second-order valence-corrected chi connectivity index (χ2v) is 8.43. The molecule has 1 saturated heterocycles. The maximum atomic E-state index is 12.4. The van der Waals surface area contributed by atoms with E-state index in [1.165, 1.54) is 16.2 Å². The molecule has 1 unspecified atom stereocenters. The van der Waals surface area contributed by atoms with Gasteiger partial charge < -0.3 is 15.3 Å². The van der Waals surface area contributed by atoms with Crippen molar-refractivity contribution in [3.05, 3.63) is 53.8 Å². The van der Waals surface area contributed by atoms with Crippen LogP contribution >= 0.6 is 11.3 Å². The zero-order valence-corrected chi connectivity index (χ0v) is 18.2. The third-order valence-electron chi connectivity index (χ3n) is 5.34. The molecule has 1 fully saturated rings. The highest BCUT2D eigenvalue weighted by atomic mass is 32.1. The zero-order valence-electron chi connectivity index (χ0n) is 17.4. The average Bonchev–Trinajstić information content (AvgIpc) is 3.52. The number of aliphatic hydroxyl groups is 1. The van der Waals surface area contributed by atoms with Crippen molar-refractivity contribution in [2.75, 3.05) is 18.9 Å². The van der Waals surface area contributed by atoms with Gasteiger partial charge in [0.2, 0.25) is 5.95 Å². The van der Waals surface area contributed by atoms with E-state index in [4.69, 9.17) is 0 Å². The van der Waals surface area contributed by atoms with Crippen LogP contribution in [0.4, 0.5) is 11.8 Å². The highest BCUT2D eigenvalue weighted by molar-refractivity contribution is 7.13. The van der Waals surface area contributed by atoms with Crippen molar-refractivity contribution in [3.8, 4) is 22.1 Å². The Hall–Kier alpha value is -3.70. The summed E-state index contributed by atoms with van der Waals surface area (Å²) in [4.78, 5) is 31.8. The van der Waals surface area contributed by atoms with Gasteiger partial charge in [-0.1, -0.05) is 0 Å². The number of aromatic nitrogens is 6. The fraction of sp³-hybridized carbons (Fsp3) is 0.238. The van der Waals surface area contributed by atoms with E-state index in [2.05, 4.69) is 30.4 Å². The Balaban J connectivity index is 1.41. The summed E-state index contributed by atoms with van der Waals surface area (Å²) in [7, 11) is 3.52. The maximum absolute atomic E-state index is 12.4. The number of likely N-dealkylation sites (N-methyl/N-ethyl adjacent to an activating group) is 1. The van der Waals surface area contributed by atoms with Crippen LogP contribution in [0.5, 0.6) is 0 Å². The molecule has 1 amide bonds. The van der Waals surface area contributed by atoms with Crippen LogP contribution in [0, 0.1) is 0 Å². The Morgan fingerprint density at radius 1 is 1.09 bits per heavy atom. The van der Waals surface area contributed by atoms with E-state index in [1.54, 1.807) is 42.3 Å². The number of hydrogen-bond donors (Lipinski definition) is 2. The fourth-order valence-electron chi connectivity index (χ4n) is 3.59. The lowest BCUT2D eigenvalue weighted by atomic mass is 9.92. The van der Waals surface area contributed by atoms with Crippen LogP contribution in [0.1, 0.15) is 12.0 Å². The van der Waals surface area contributed by atoms with E-state index in [-0.39, 0.29) is 5.91 Å². The quantitative estimate of drug-likeness (QED) is 0.476. The van der Waals surface area contributed by atoms with Crippen LogP contribution in [0.2, 0.25) is 0 Å². The molecule has 4 aromatic heterocycles. The third kappa shape index (κ3) is 3.61. The number of nitrogens with zero attached hydrogens (tertiary/aromatic N) is 7. The molecule has 10 nitrogen and oxygen atoms in total. The number of amides is 1. The van der Waals surface area contributed by atoms with E-state index in [0.717, 1.165) is 0 Å². The van der Waals surface area contributed by atoms with Crippen LogP contribution in [-0.2, 0) is 17.4 Å². The molecule has 0 saturated carbocycles. The highest BCUT2D eigenvalue weighted by Crippen LogP contribution is 2.35. The largest absolute Gasteiger partial charge is 0.375 e. The molecule has 0 spiro atoms. The molecule has 0 aliphatic carbocycles. The molecule has 2 N–H and O–H groups in total. The van der Waals surface area contributed by atoms with Gasteiger partial charge in [-0.25, -0.2) is 15.0 Å². The minimum atomic E-state index is -1.52. The SMILES string of the molecule is CN1CCC(O)(c2ccnc(-c3nc(-c4ccnc(Nc5ccn(C)n5)n4)cs3)c2)C1=O. The second kappa shape index (κ2) is 7.77. The van der Waals surface area contributed by atoms with Crippen molar-refractivity contribution >= 4 is 29.0 Å². The summed E-state index contributed by atoms with van der Waals surface area (Å²) >= 11 is 1.42. The summed E-state index contributed by atoms with van der Waals surface area (Å²) in [5.41, 5.74) is 0.931. The summed E-state index contributed by atoms with van der Waals surface area (Å²) in [5, 5.41) is 20.8. The van der Waals surface area contributed by atoms with E-state index < -0.39 is 5.60 Å². The fourth-order valence-corrected chi connectivity index (χ4v) is 4.37. The smallest absolute Gasteiger partial charge is 0.258 e. The molecular weight excluding hydrogens is 428 g/mol. The summed E-state index contributed by atoms with van der Waals surface area (Å²) < 4.78 is 1.69. The van der Waals surface area contributed by atoms with E-state index in [9.17, 15) is 9.90 Å². The number of aryl methyl sites for hydroxylation is 1. The zero-order chi connectivity index (χ0) is 22.3. The summed E-state index contributed by atoms with van der Waals surface area (Å²) in [6.45, 7) is 0.511. The molecule has 5 rings (SSSR count). The summed E-state index contributed by atoms with van der Waals surface area (Å²) in [5.74, 6) is 0.764. The molecule has 1 aliphatic rings. The van der Waals surface area contributed by atoms with Crippen molar-refractivity contribution < 1.29 is 9.90 Å². The van der Waals surface area contributed by atoms with Gasteiger partial charge in [-0.05, 0) is 23.8 Å². The molecule has 0 aromatic carbocycles. The standard InChI is InChI=1S/C21H20N8O2S/c1-28-10-6-21(31,19(28)30)13-3-7-22-15(11-13)18-24-16(12-32-18)14-4-8-23-20(25-14)26-17-5-9-29(2)27-17/h3-5,7-9,11-12,31H,6,10H2,1-2H3,(H,23,25,26,27). The number of carbonyl (C=O) groups is 1. The molecule has 1 aliphatic heterocycles. The lowest BCUT2D eigenvalue weighted by Crippen LogP contribution is -2.36. The second-order valence-electron chi connectivity index (χ2n) is 7.57. The van der Waals surface area contributed by atoms with E-state index in [0.29, 0.717) is 52.4 Å². The van der Waals surface area contributed by atoms with Crippen molar-refractivity contribution in [1.82, 2.24) is 34.6 Å². The van der Waals surface area contributed by atoms with E-state index >= 15 is 0 Å². The Labute approximate surface area is 187 Å². The molecule has 11 heteroatoms. The summed E-state index contributed by atoms with van der Waals surface area (Å²) in [6, 6.07) is 7.02. The molecule has 162 valence electrons.